The maximum absolute atomic E-state index is 13.1. The van der Waals surface area contributed by atoms with E-state index in [9.17, 15) is 9.59 Å². The van der Waals surface area contributed by atoms with Gasteiger partial charge in [0.1, 0.15) is 5.52 Å². The summed E-state index contributed by atoms with van der Waals surface area (Å²) >= 11 is 0. The van der Waals surface area contributed by atoms with Crippen LogP contribution in [0, 0.1) is 0 Å². The van der Waals surface area contributed by atoms with Crippen LogP contribution in [0.1, 0.15) is 41.6 Å². The first-order valence-corrected chi connectivity index (χ1v) is 11.7. The Balaban J connectivity index is 1.28. The Morgan fingerprint density at radius 2 is 1.70 bits per heavy atom. The molecule has 1 N–H and O–H groups in total. The lowest BCUT2D eigenvalue weighted by molar-refractivity contribution is 0.0948. The maximum Gasteiger partial charge on any atom is 0.276 e. The highest BCUT2D eigenvalue weighted by atomic mass is 16.1. The molecule has 5 rings (SSSR count). The zero-order valence-electron chi connectivity index (χ0n) is 18.7. The van der Waals surface area contributed by atoms with E-state index < -0.39 is 0 Å². The molecule has 4 heterocycles. The number of benzene rings is 1. The number of fused-ring (bicyclic) bond motifs is 3. The predicted octanol–water partition coefficient (Wildman–Crippen LogP) is 3.30. The Labute approximate surface area is 192 Å². The lowest BCUT2D eigenvalue weighted by Gasteiger charge is -2.19. The van der Waals surface area contributed by atoms with Crippen molar-refractivity contribution in [1.82, 2.24) is 24.2 Å². The van der Waals surface area contributed by atoms with Crippen molar-refractivity contribution in [1.29, 1.82) is 0 Å². The van der Waals surface area contributed by atoms with Crippen molar-refractivity contribution < 1.29 is 4.79 Å². The fourth-order valence-corrected chi connectivity index (χ4v) is 4.66. The third kappa shape index (κ3) is 4.54. The largest absolute Gasteiger partial charge is 0.351 e. The molecular formula is C26H29N5O2. The number of aromatic nitrogens is 3. The number of nitrogens with one attached hydrogen (secondary N) is 1. The van der Waals surface area contributed by atoms with Gasteiger partial charge in [0.2, 0.25) is 0 Å². The van der Waals surface area contributed by atoms with E-state index in [1.807, 2.05) is 59.1 Å². The molecule has 0 saturated carbocycles. The maximum atomic E-state index is 13.1. The summed E-state index contributed by atoms with van der Waals surface area (Å²) in [5.41, 5.74) is 3.64. The summed E-state index contributed by atoms with van der Waals surface area (Å²) in [5, 5.41) is 3.04. The fraction of sp³-hybridized carbons (Fsp3) is 0.346. The summed E-state index contributed by atoms with van der Waals surface area (Å²) in [7, 11) is 0. The first-order chi connectivity index (χ1) is 16.2. The standard InChI is InChI=1S/C26H29N5O2/c32-25(28-14-18-29-15-3-1-2-4-16-29)21-11-9-20(10-12-21)19-31-24-22(7-5-13-27-24)30-17-6-8-23(30)26(31)33/h5-13,17H,1-4,14-16,18-19H2,(H,28,32). The minimum Gasteiger partial charge on any atom is -0.351 e. The molecule has 1 saturated heterocycles. The number of pyridine rings is 1. The average Bonchev–Trinajstić information content (AvgIpc) is 3.20. The number of hydrogen-bond donors (Lipinski definition) is 1. The topological polar surface area (TPSA) is 71.6 Å². The molecule has 3 aromatic heterocycles. The first-order valence-electron chi connectivity index (χ1n) is 11.7. The van der Waals surface area contributed by atoms with Crippen LogP contribution in [0.4, 0.5) is 0 Å². The third-order valence-electron chi connectivity index (χ3n) is 6.46. The highest BCUT2D eigenvalue weighted by Gasteiger charge is 2.13. The van der Waals surface area contributed by atoms with E-state index in [1.54, 1.807) is 10.8 Å². The molecular weight excluding hydrogens is 414 g/mol. The second-order valence-electron chi connectivity index (χ2n) is 8.71. The van der Waals surface area contributed by atoms with Crippen molar-refractivity contribution in [3.63, 3.8) is 0 Å². The van der Waals surface area contributed by atoms with Gasteiger partial charge >= 0.3 is 0 Å². The van der Waals surface area contributed by atoms with E-state index in [2.05, 4.69) is 15.2 Å². The summed E-state index contributed by atoms with van der Waals surface area (Å²) in [4.78, 5) is 32.6. The van der Waals surface area contributed by atoms with Crippen LogP contribution in [0.15, 0.2) is 65.7 Å². The SMILES string of the molecule is O=C(NCCN1CCCCCC1)c1ccc(Cn2c(=O)c3cccn3c3cccnc32)cc1. The molecule has 1 fully saturated rings. The summed E-state index contributed by atoms with van der Waals surface area (Å²) in [6, 6.07) is 15.0. The number of rotatable bonds is 6. The minimum absolute atomic E-state index is 0.0599. The van der Waals surface area contributed by atoms with Crippen LogP contribution in [-0.2, 0) is 6.54 Å². The van der Waals surface area contributed by atoms with Gasteiger partial charge in [-0.3, -0.25) is 14.2 Å². The number of carbonyl (C=O) groups is 1. The monoisotopic (exact) mass is 443 g/mol. The van der Waals surface area contributed by atoms with E-state index in [-0.39, 0.29) is 11.5 Å². The van der Waals surface area contributed by atoms with Crippen molar-refractivity contribution >= 4 is 22.6 Å². The van der Waals surface area contributed by atoms with Crippen LogP contribution < -0.4 is 10.9 Å². The molecule has 1 amide bonds. The van der Waals surface area contributed by atoms with Gasteiger partial charge in [-0.1, -0.05) is 25.0 Å². The zero-order chi connectivity index (χ0) is 22.6. The smallest absolute Gasteiger partial charge is 0.276 e. The van der Waals surface area contributed by atoms with Crippen LogP contribution in [-0.4, -0.2) is 50.9 Å². The van der Waals surface area contributed by atoms with Gasteiger partial charge in [-0.15, -0.1) is 0 Å². The van der Waals surface area contributed by atoms with Crippen LogP contribution in [0.2, 0.25) is 0 Å². The molecule has 7 nitrogen and oxygen atoms in total. The van der Waals surface area contributed by atoms with Gasteiger partial charge in [-0.2, -0.15) is 0 Å². The highest BCUT2D eigenvalue weighted by molar-refractivity contribution is 5.94. The molecule has 0 atom stereocenters. The Morgan fingerprint density at radius 1 is 0.939 bits per heavy atom. The van der Waals surface area contributed by atoms with Gasteiger partial charge in [0.05, 0.1) is 12.1 Å². The van der Waals surface area contributed by atoms with Gasteiger partial charge in [-0.05, 0) is 67.9 Å². The van der Waals surface area contributed by atoms with Crippen LogP contribution in [0.5, 0.6) is 0 Å². The van der Waals surface area contributed by atoms with Gasteiger partial charge in [0.25, 0.3) is 11.5 Å². The second-order valence-corrected chi connectivity index (χ2v) is 8.71. The van der Waals surface area contributed by atoms with Crippen molar-refractivity contribution in [3.05, 3.63) is 82.4 Å². The molecule has 0 bridgehead atoms. The Kier molecular flexibility index (Phi) is 6.21. The average molecular weight is 444 g/mol. The molecule has 1 aromatic carbocycles. The number of carbonyl (C=O) groups excluding carboxylic acids is 1. The lowest BCUT2D eigenvalue weighted by atomic mass is 10.1. The van der Waals surface area contributed by atoms with E-state index in [0.29, 0.717) is 29.8 Å². The summed E-state index contributed by atoms with van der Waals surface area (Å²) in [5.74, 6) is -0.0599. The van der Waals surface area contributed by atoms with Gasteiger partial charge < -0.3 is 14.6 Å². The molecule has 4 aromatic rings. The van der Waals surface area contributed by atoms with E-state index in [0.717, 1.165) is 30.7 Å². The number of amides is 1. The van der Waals surface area contributed by atoms with Crippen molar-refractivity contribution in [2.45, 2.75) is 32.2 Å². The van der Waals surface area contributed by atoms with Crippen molar-refractivity contribution in [2.75, 3.05) is 26.2 Å². The fourth-order valence-electron chi connectivity index (χ4n) is 4.66. The quantitative estimate of drug-likeness (QED) is 0.496. The van der Waals surface area contributed by atoms with Crippen LogP contribution in [0.3, 0.4) is 0 Å². The van der Waals surface area contributed by atoms with Crippen molar-refractivity contribution in [3.8, 4) is 0 Å². The number of hydrogen-bond acceptors (Lipinski definition) is 4. The van der Waals surface area contributed by atoms with Gasteiger partial charge in [-0.25, -0.2) is 4.98 Å². The number of likely N-dealkylation sites (tertiary alicyclic amines) is 1. The second kappa shape index (κ2) is 9.58. The molecule has 1 aliphatic rings. The van der Waals surface area contributed by atoms with Crippen LogP contribution >= 0.6 is 0 Å². The van der Waals surface area contributed by atoms with E-state index in [1.165, 1.54) is 25.7 Å². The summed E-state index contributed by atoms with van der Waals surface area (Å²) < 4.78 is 3.57. The van der Waals surface area contributed by atoms with Crippen LogP contribution in [0.25, 0.3) is 16.7 Å². The minimum atomic E-state index is -0.0819. The normalized spacial score (nSPS) is 15.0. The Morgan fingerprint density at radius 3 is 2.48 bits per heavy atom. The third-order valence-corrected chi connectivity index (χ3v) is 6.46. The molecule has 0 unspecified atom stereocenters. The summed E-state index contributed by atoms with van der Waals surface area (Å²) in [6.07, 6.45) is 8.71. The highest BCUT2D eigenvalue weighted by Crippen LogP contribution is 2.15. The molecule has 0 aliphatic carbocycles. The number of nitrogens with zero attached hydrogens (tertiary/aromatic N) is 4. The van der Waals surface area contributed by atoms with E-state index in [4.69, 9.17) is 0 Å². The van der Waals surface area contributed by atoms with E-state index >= 15 is 0 Å². The molecule has 0 spiro atoms. The first kappa shape index (κ1) is 21.4. The van der Waals surface area contributed by atoms with Gasteiger partial charge in [0, 0.05) is 31.0 Å². The molecule has 7 heteroatoms. The summed E-state index contributed by atoms with van der Waals surface area (Å²) in [6.45, 7) is 4.20. The zero-order valence-corrected chi connectivity index (χ0v) is 18.7. The molecule has 170 valence electrons. The van der Waals surface area contributed by atoms with Crippen molar-refractivity contribution in [2.24, 2.45) is 0 Å². The lowest BCUT2D eigenvalue weighted by Crippen LogP contribution is -2.35. The van der Waals surface area contributed by atoms with Gasteiger partial charge in [0.15, 0.2) is 5.65 Å². The molecule has 0 radical (unpaired) electrons. The predicted molar refractivity (Wildman–Crippen MR) is 130 cm³/mol. The Hall–Kier alpha value is -3.45. The molecule has 1 aliphatic heterocycles. The Bertz CT molecular complexity index is 1310. The molecule has 33 heavy (non-hydrogen) atoms.